The van der Waals surface area contributed by atoms with E-state index < -0.39 is 0 Å². The van der Waals surface area contributed by atoms with Gasteiger partial charge in [-0.25, -0.2) is 4.39 Å². The second kappa shape index (κ2) is 8.53. The maximum Gasteiger partial charge on any atom is 0.225 e. The third-order valence-electron chi connectivity index (χ3n) is 4.43. The van der Waals surface area contributed by atoms with Gasteiger partial charge in [-0.05, 0) is 35.4 Å². The summed E-state index contributed by atoms with van der Waals surface area (Å²) in [6.07, 6.45) is 0.409. The highest BCUT2D eigenvalue weighted by Gasteiger charge is 2.27. The van der Waals surface area contributed by atoms with Gasteiger partial charge in [0.15, 0.2) is 6.10 Å². The van der Waals surface area contributed by atoms with Crippen LogP contribution in [0.1, 0.15) is 31.4 Å². The molecule has 0 N–H and O–H groups in total. The zero-order chi connectivity index (χ0) is 19.4. The number of hydrogen-bond donors (Lipinski definition) is 0. The summed E-state index contributed by atoms with van der Waals surface area (Å²) in [4.78, 5) is 20.0. The van der Waals surface area contributed by atoms with Crippen LogP contribution in [0.5, 0.6) is 0 Å². The molecule has 2 aromatic carbocycles. The molecule has 1 aliphatic heterocycles. The van der Waals surface area contributed by atoms with E-state index >= 15 is 0 Å². The van der Waals surface area contributed by atoms with E-state index in [0.29, 0.717) is 24.5 Å². The Morgan fingerprint density at radius 1 is 1.22 bits per heavy atom. The van der Waals surface area contributed by atoms with Gasteiger partial charge in [-0.15, -0.1) is 0 Å². The van der Waals surface area contributed by atoms with Gasteiger partial charge in [0, 0.05) is 23.9 Å². The van der Waals surface area contributed by atoms with Gasteiger partial charge in [-0.1, -0.05) is 54.9 Å². The molecule has 0 bridgehead atoms. The summed E-state index contributed by atoms with van der Waals surface area (Å²) in [5.41, 5.74) is 2.68. The van der Waals surface area contributed by atoms with Crippen molar-refractivity contribution in [3.63, 3.8) is 0 Å². The molecule has 1 aliphatic rings. The topological polar surface area (TPSA) is 41.9 Å². The van der Waals surface area contributed by atoms with E-state index in [9.17, 15) is 9.18 Å². The number of carbonyl (C=O) groups excluding carboxylic acids is 1. The van der Waals surface area contributed by atoms with Gasteiger partial charge in [0.25, 0.3) is 0 Å². The largest absolute Gasteiger partial charge is 0.390 e. The third kappa shape index (κ3) is 5.07. The fraction of sp³-hybridized carbons (Fsp3) is 0.333. The first-order valence-electron chi connectivity index (χ1n) is 8.94. The van der Waals surface area contributed by atoms with Crippen LogP contribution in [0.3, 0.4) is 0 Å². The Hall–Kier alpha value is -2.40. The quantitative estimate of drug-likeness (QED) is 0.722. The molecular weight excluding hydrogens is 367 g/mol. The number of amides is 1. The molecule has 0 unspecified atom stereocenters. The van der Waals surface area contributed by atoms with Crippen molar-refractivity contribution in [1.82, 2.24) is 4.90 Å². The van der Waals surface area contributed by atoms with Crippen molar-refractivity contribution < 1.29 is 14.0 Å². The van der Waals surface area contributed by atoms with E-state index in [-0.39, 0.29) is 23.7 Å². The smallest absolute Gasteiger partial charge is 0.225 e. The molecule has 6 heteroatoms. The minimum atomic E-state index is -0.291. The van der Waals surface area contributed by atoms with Crippen LogP contribution in [0.15, 0.2) is 53.7 Å². The molecule has 0 saturated heterocycles. The van der Waals surface area contributed by atoms with Gasteiger partial charge in [-0.3, -0.25) is 4.79 Å². The Labute approximate surface area is 163 Å². The van der Waals surface area contributed by atoms with Crippen molar-refractivity contribution in [1.29, 1.82) is 0 Å². The van der Waals surface area contributed by atoms with Gasteiger partial charge in [0.1, 0.15) is 5.82 Å². The number of benzene rings is 2. The number of carbonyl (C=O) groups is 1. The SMILES string of the molecule is CC(C)C(=O)N(Cc1ccc(F)cc1)C[C@@H]1CC(c2ccc(Cl)cc2)=NO1. The highest BCUT2D eigenvalue weighted by Crippen LogP contribution is 2.21. The lowest BCUT2D eigenvalue weighted by Crippen LogP contribution is -2.39. The first-order valence-corrected chi connectivity index (χ1v) is 9.32. The fourth-order valence-corrected chi connectivity index (χ4v) is 3.12. The molecule has 2 aromatic rings. The van der Waals surface area contributed by atoms with Gasteiger partial charge < -0.3 is 9.74 Å². The Morgan fingerprint density at radius 2 is 1.89 bits per heavy atom. The maximum absolute atomic E-state index is 13.1. The van der Waals surface area contributed by atoms with Crippen molar-refractivity contribution >= 4 is 23.2 Å². The van der Waals surface area contributed by atoms with Crippen molar-refractivity contribution in [2.24, 2.45) is 11.1 Å². The van der Waals surface area contributed by atoms with Crippen molar-refractivity contribution in [2.45, 2.75) is 32.9 Å². The molecule has 0 aromatic heterocycles. The number of oxime groups is 1. The molecular formula is C21H22ClFN2O2. The molecule has 3 rings (SSSR count). The molecule has 1 amide bonds. The van der Waals surface area contributed by atoms with Crippen molar-refractivity contribution in [3.05, 3.63) is 70.5 Å². The lowest BCUT2D eigenvalue weighted by atomic mass is 10.0. The van der Waals surface area contributed by atoms with Crippen molar-refractivity contribution in [3.8, 4) is 0 Å². The highest BCUT2D eigenvalue weighted by molar-refractivity contribution is 6.30. The van der Waals surface area contributed by atoms with E-state index in [0.717, 1.165) is 16.8 Å². The highest BCUT2D eigenvalue weighted by atomic mass is 35.5. The van der Waals surface area contributed by atoms with Gasteiger partial charge in [0.05, 0.1) is 12.3 Å². The van der Waals surface area contributed by atoms with E-state index in [4.69, 9.17) is 16.4 Å². The normalized spacial score (nSPS) is 16.2. The summed E-state index contributed by atoms with van der Waals surface area (Å²) in [6.45, 7) is 4.57. The number of rotatable bonds is 6. The molecule has 0 fully saturated rings. The van der Waals surface area contributed by atoms with Crippen LogP contribution < -0.4 is 0 Å². The predicted molar refractivity (Wildman–Crippen MR) is 104 cm³/mol. The minimum Gasteiger partial charge on any atom is -0.390 e. The van der Waals surface area contributed by atoms with Crippen LogP contribution in [0.25, 0.3) is 0 Å². The first-order chi connectivity index (χ1) is 12.9. The Balaban J connectivity index is 1.66. The summed E-state index contributed by atoms with van der Waals surface area (Å²) in [5.74, 6) is -0.396. The summed E-state index contributed by atoms with van der Waals surface area (Å²) >= 11 is 5.93. The van der Waals surface area contributed by atoms with Crippen LogP contribution in [0, 0.1) is 11.7 Å². The predicted octanol–water partition coefficient (Wildman–Crippen LogP) is 4.66. The molecule has 0 radical (unpaired) electrons. The van der Waals surface area contributed by atoms with Gasteiger partial charge in [-0.2, -0.15) is 0 Å². The van der Waals surface area contributed by atoms with E-state index in [1.165, 1.54) is 12.1 Å². The third-order valence-corrected chi connectivity index (χ3v) is 4.68. The molecule has 0 saturated carbocycles. The van der Waals surface area contributed by atoms with E-state index in [1.54, 1.807) is 17.0 Å². The Morgan fingerprint density at radius 3 is 2.52 bits per heavy atom. The van der Waals surface area contributed by atoms with Crippen LogP contribution in [-0.4, -0.2) is 29.2 Å². The lowest BCUT2D eigenvalue weighted by Gasteiger charge is -2.26. The second-order valence-electron chi connectivity index (χ2n) is 6.98. The fourth-order valence-electron chi connectivity index (χ4n) is 2.99. The van der Waals surface area contributed by atoms with Crippen molar-refractivity contribution in [2.75, 3.05) is 6.54 Å². The number of halogens is 2. The molecule has 1 heterocycles. The zero-order valence-electron chi connectivity index (χ0n) is 15.4. The van der Waals surface area contributed by atoms with E-state index in [2.05, 4.69) is 5.16 Å². The standard InChI is InChI=1S/C21H22ClFN2O2/c1-14(2)21(26)25(12-15-3-9-18(23)10-4-15)13-19-11-20(24-27-19)16-5-7-17(22)8-6-16/h3-10,14,19H,11-13H2,1-2H3/t19-/m0/s1. The Kier molecular flexibility index (Phi) is 6.11. The maximum atomic E-state index is 13.1. The van der Waals surface area contributed by atoms with E-state index in [1.807, 2.05) is 38.1 Å². The second-order valence-corrected chi connectivity index (χ2v) is 7.41. The summed E-state index contributed by atoms with van der Waals surface area (Å²) in [5, 5.41) is 4.85. The summed E-state index contributed by atoms with van der Waals surface area (Å²) in [6, 6.07) is 13.6. The van der Waals surface area contributed by atoms with Crippen LogP contribution >= 0.6 is 11.6 Å². The molecule has 0 spiro atoms. The van der Waals surface area contributed by atoms with Crippen LogP contribution in [-0.2, 0) is 16.2 Å². The lowest BCUT2D eigenvalue weighted by molar-refractivity contribution is -0.136. The number of nitrogens with zero attached hydrogens (tertiary/aromatic N) is 2. The molecule has 27 heavy (non-hydrogen) atoms. The molecule has 4 nitrogen and oxygen atoms in total. The van der Waals surface area contributed by atoms with Gasteiger partial charge >= 0.3 is 0 Å². The molecule has 1 atom stereocenters. The molecule has 0 aliphatic carbocycles. The molecule has 142 valence electrons. The summed E-state index contributed by atoms with van der Waals surface area (Å²) in [7, 11) is 0. The average Bonchev–Trinajstić information content (AvgIpc) is 3.11. The zero-order valence-corrected chi connectivity index (χ0v) is 16.1. The minimum absolute atomic E-state index is 0.0304. The number of hydrogen-bond acceptors (Lipinski definition) is 3. The summed E-state index contributed by atoms with van der Waals surface area (Å²) < 4.78 is 13.1. The average molecular weight is 389 g/mol. The van der Waals surface area contributed by atoms with Gasteiger partial charge in [0.2, 0.25) is 5.91 Å². The monoisotopic (exact) mass is 388 g/mol. The first kappa shape index (κ1) is 19.4. The van der Waals surface area contributed by atoms with Crippen LogP contribution in [0.4, 0.5) is 4.39 Å². The van der Waals surface area contributed by atoms with Crippen LogP contribution in [0.2, 0.25) is 5.02 Å². The Bertz CT molecular complexity index is 819.